The monoisotopic (exact) mass is 296 g/mol. The highest BCUT2D eigenvalue weighted by Crippen LogP contribution is 2.61. The molecule has 0 atom stereocenters. The summed E-state index contributed by atoms with van der Waals surface area (Å²) >= 11 is 3.56. The summed E-state index contributed by atoms with van der Waals surface area (Å²) in [6.07, 6.45) is 8.23. The Morgan fingerprint density at radius 3 is 2.06 bits per heavy atom. The summed E-state index contributed by atoms with van der Waals surface area (Å²) < 4.78 is 6.08. The SMILES string of the molecule is Nc1onc(C23CC4CC(CC(C4)C2)C3)c1Br. The molecule has 4 saturated carbocycles. The second kappa shape index (κ2) is 3.28. The molecule has 92 valence electrons. The van der Waals surface area contributed by atoms with Gasteiger partial charge < -0.3 is 10.3 Å². The van der Waals surface area contributed by atoms with Gasteiger partial charge in [0.2, 0.25) is 5.88 Å². The van der Waals surface area contributed by atoms with E-state index < -0.39 is 0 Å². The molecule has 4 aliphatic rings. The maximum atomic E-state index is 5.78. The third-order valence-corrected chi connectivity index (χ3v) is 5.97. The van der Waals surface area contributed by atoms with E-state index in [4.69, 9.17) is 10.3 Å². The Kier molecular flexibility index (Phi) is 2.01. The highest BCUT2D eigenvalue weighted by molar-refractivity contribution is 9.10. The van der Waals surface area contributed by atoms with Gasteiger partial charge in [-0.1, -0.05) is 5.16 Å². The van der Waals surface area contributed by atoms with E-state index in [2.05, 4.69) is 21.1 Å². The Bertz CT molecular complexity index is 433. The molecule has 4 aliphatic carbocycles. The summed E-state index contributed by atoms with van der Waals surface area (Å²) in [5.74, 6) is 3.21. The molecular weight excluding hydrogens is 280 g/mol. The molecule has 17 heavy (non-hydrogen) atoms. The third-order valence-electron chi connectivity index (χ3n) is 5.20. The predicted molar refractivity (Wildman–Crippen MR) is 68.5 cm³/mol. The molecule has 0 unspecified atom stereocenters. The van der Waals surface area contributed by atoms with Gasteiger partial charge in [0.15, 0.2) is 0 Å². The Labute approximate surface area is 109 Å². The van der Waals surface area contributed by atoms with Crippen molar-refractivity contribution in [2.45, 2.75) is 43.9 Å². The number of hydrogen-bond acceptors (Lipinski definition) is 3. The normalized spacial score (nSPS) is 43.2. The summed E-state index contributed by atoms with van der Waals surface area (Å²) in [4.78, 5) is 0. The van der Waals surface area contributed by atoms with Crippen molar-refractivity contribution in [1.82, 2.24) is 5.16 Å². The fourth-order valence-corrected chi connectivity index (χ4v) is 5.59. The molecule has 4 bridgehead atoms. The average molecular weight is 297 g/mol. The molecule has 1 heterocycles. The molecular formula is C13H17BrN2O. The summed E-state index contributed by atoms with van der Waals surface area (Å²) in [6.45, 7) is 0. The van der Waals surface area contributed by atoms with Crippen LogP contribution in [0, 0.1) is 17.8 Å². The van der Waals surface area contributed by atoms with Crippen LogP contribution < -0.4 is 5.73 Å². The molecule has 1 aromatic rings. The van der Waals surface area contributed by atoms with Crippen LogP contribution in [0.15, 0.2) is 9.00 Å². The van der Waals surface area contributed by atoms with E-state index in [0.29, 0.717) is 5.88 Å². The lowest BCUT2D eigenvalue weighted by Gasteiger charge is -2.56. The van der Waals surface area contributed by atoms with Crippen LogP contribution in [0.2, 0.25) is 0 Å². The zero-order valence-electron chi connectivity index (χ0n) is 9.79. The molecule has 1 aromatic heterocycles. The van der Waals surface area contributed by atoms with E-state index in [9.17, 15) is 0 Å². The van der Waals surface area contributed by atoms with Crippen LogP contribution in [-0.4, -0.2) is 5.16 Å². The van der Waals surface area contributed by atoms with Gasteiger partial charge >= 0.3 is 0 Å². The number of rotatable bonds is 1. The number of hydrogen-bond donors (Lipinski definition) is 1. The van der Waals surface area contributed by atoms with Gasteiger partial charge in [0.25, 0.3) is 0 Å². The van der Waals surface area contributed by atoms with E-state index >= 15 is 0 Å². The van der Waals surface area contributed by atoms with E-state index in [1.54, 1.807) is 0 Å². The minimum atomic E-state index is 0.273. The van der Waals surface area contributed by atoms with Crippen molar-refractivity contribution in [1.29, 1.82) is 0 Å². The predicted octanol–water partition coefficient (Wildman–Crippen LogP) is 3.49. The number of nitrogen functional groups attached to an aromatic ring is 1. The number of nitrogens with two attached hydrogens (primary N) is 1. The molecule has 4 fully saturated rings. The van der Waals surface area contributed by atoms with Crippen LogP contribution in [0.25, 0.3) is 0 Å². The third kappa shape index (κ3) is 1.36. The zero-order valence-corrected chi connectivity index (χ0v) is 11.4. The Hall–Kier alpha value is -0.510. The number of anilines is 1. The first-order chi connectivity index (χ1) is 8.16. The van der Waals surface area contributed by atoms with Crippen molar-refractivity contribution in [3.8, 4) is 0 Å². The highest BCUT2D eigenvalue weighted by Gasteiger charge is 2.53. The summed E-state index contributed by atoms with van der Waals surface area (Å²) in [7, 11) is 0. The molecule has 0 aromatic carbocycles. The first-order valence-corrected chi connectivity index (χ1v) is 7.37. The Morgan fingerprint density at radius 2 is 1.65 bits per heavy atom. The quantitative estimate of drug-likeness (QED) is 0.863. The van der Waals surface area contributed by atoms with Gasteiger partial charge in [0, 0.05) is 5.41 Å². The highest BCUT2D eigenvalue weighted by atomic mass is 79.9. The molecule has 0 spiro atoms. The van der Waals surface area contributed by atoms with Gasteiger partial charge in [-0.2, -0.15) is 0 Å². The molecule has 0 radical (unpaired) electrons. The van der Waals surface area contributed by atoms with Gasteiger partial charge in [-0.15, -0.1) is 0 Å². The largest absolute Gasteiger partial charge is 0.367 e. The molecule has 0 aliphatic heterocycles. The topological polar surface area (TPSA) is 52.0 Å². The van der Waals surface area contributed by atoms with Crippen LogP contribution in [0.3, 0.4) is 0 Å². The number of nitrogens with zero attached hydrogens (tertiary/aromatic N) is 1. The molecule has 2 N–H and O–H groups in total. The van der Waals surface area contributed by atoms with Gasteiger partial charge in [0.05, 0.1) is 0 Å². The minimum Gasteiger partial charge on any atom is -0.367 e. The van der Waals surface area contributed by atoms with Gasteiger partial charge in [-0.05, 0) is 72.2 Å². The fraction of sp³-hybridized carbons (Fsp3) is 0.769. The Balaban J connectivity index is 1.80. The van der Waals surface area contributed by atoms with Crippen molar-refractivity contribution >= 4 is 21.8 Å². The van der Waals surface area contributed by atoms with Gasteiger partial charge in [0.1, 0.15) is 10.2 Å². The van der Waals surface area contributed by atoms with E-state index in [1.807, 2.05) is 0 Å². The molecule has 4 heteroatoms. The zero-order chi connectivity index (χ0) is 11.6. The van der Waals surface area contributed by atoms with Gasteiger partial charge in [-0.25, -0.2) is 0 Å². The number of aromatic nitrogens is 1. The van der Waals surface area contributed by atoms with Crippen molar-refractivity contribution in [3.63, 3.8) is 0 Å². The fourth-order valence-electron chi connectivity index (χ4n) is 5.02. The molecule has 3 nitrogen and oxygen atoms in total. The van der Waals surface area contributed by atoms with Crippen molar-refractivity contribution in [3.05, 3.63) is 10.2 Å². The van der Waals surface area contributed by atoms with E-state index in [1.165, 1.54) is 38.5 Å². The first kappa shape index (κ1) is 10.4. The molecule has 0 amide bonds. The van der Waals surface area contributed by atoms with Crippen LogP contribution in [0.5, 0.6) is 0 Å². The summed E-state index contributed by atoms with van der Waals surface area (Å²) in [6, 6.07) is 0. The number of halogens is 1. The second-order valence-corrected chi connectivity index (χ2v) is 7.20. The maximum absolute atomic E-state index is 5.78. The lowest BCUT2D eigenvalue weighted by atomic mass is 9.49. The minimum absolute atomic E-state index is 0.273. The molecule has 5 rings (SSSR count). The lowest BCUT2D eigenvalue weighted by Crippen LogP contribution is -2.48. The maximum Gasteiger partial charge on any atom is 0.236 e. The first-order valence-electron chi connectivity index (χ1n) is 6.57. The van der Waals surface area contributed by atoms with Crippen LogP contribution in [0.4, 0.5) is 5.88 Å². The average Bonchev–Trinajstić information content (AvgIpc) is 2.58. The van der Waals surface area contributed by atoms with Crippen molar-refractivity contribution in [2.24, 2.45) is 17.8 Å². The second-order valence-electron chi connectivity index (χ2n) is 6.41. The lowest BCUT2D eigenvalue weighted by molar-refractivity contribution is -0.00874. The van der Waals surface area contributed by atoms with E-state index in [-0.39, 0.29) is 5.41 Å². The van der Waals surface area contributed by atoms with Crippen LogP contribution >= 0.6 is 15.9 Å². The smallest absolute Gasteiger partial charge is 0.236 e. The van der Waals surface area contributed by atoms with Crippen molar-refractivity contribution in [2.75, 3.05) is 5.73 Å². The van der Waals surface area contributed by atoms with Gasteiger partial charge in [-0.3, -0.25) is 0 Å². The van der Waals surface area contributed by atoms with Crippen molar-refractivity contribution < 1.29 is 4.52 Å². The van der Waals surface area contributed by atoms with Crippen LogP contribution in [-0.2, 0) is 5.41 Å². The summed E-state index contributed by atoms with van der Waals surface area (Å²) in [5.41, 5.74) is 7.16. The molecule has 0 saturated heterocycles. The van der Waals surface area contributed by atoms with E-state index in [0.717, 1.165) is 27.9 Å². The summed E-state index contributed by atoms with van der Waals surface area (Å²) in [5, 5.41) is 4.26. The van der Waals surface area contributed by atoms with Crippen LogP contribution in [0.1, 0.15) is 44.2 Å². The Morgan fingerprint density at radius 1 is 1.12 bits per heavy atom. The standard InChI is InChI=1S/C13H17BrN2O/c14-10-11(16-17-12(10)15)13-4-7-1-8(5-13)3-9(2-7)6-13/h7-9H,1-6,15H2.